The molecule has 4 aromatic rings. The number of ether oxygens (including phenoxy) is 2. The molecule has 2 heterocycles. The van der Waals surface area contributed by atoms with Gasteiger partial charge in [-0.25, -0.2) is 4.79 Å². The van der Waals surface area contributed by atoms with Crippen LogP contribution in [0.4, 0.5) is 0 Å². The van der Waals surface area contributed by atoms with Gasteiger partial charge in [-0.05, 0) is 53.4 Å². The van der Waals surface area contributed by atoms with Crippen LogP contribution in [0.25, 0.3) is 10.9 Å². The van der Waals surface area contributed by atoms with Gasteiger partial charge in [0.2, 0.25) is 0 Å². The van der Waals surface area contributed by atoms with E-state index in [4.69, 9.17) is 9.47 Å². The third-order valence-electron chi connectivity index (χ3n) is 7.06. The van der Waals surface area contributed by atoms with E-state index in [9.17, 15) is 19.5 Å². The number of carbonyl (C=O) groups is 3. The Morgan fingerprint density at radius 3 is 2.44 bits per heavy atom. The van der Waals surface area contributed by atoms with Crippen LogP contribution in [0.1, 0.15) is 33.1 Å². The monoisotopic (exact) mass is 524 g/mol. The fraction of sp³-hybridized carbons (Fsp3) is 0.194. The molecule has 198 valence electrons. The number of aliphatic hydroxyl groups is 1. The topological polar surface area (TPSA) is 109 Å². The first kappa shape index (κ1) is 25.8. The fourth-order valence-electron chi connectivity index (χ4n) is 5.04. The summed E-state index contributed by atoms with van der Waals surface area (Å²) in [7, 11) is 2.91. The molecule has 8 nitrogen and oxygen atoms in total. The summed E-state index contributed by atoms with van der Waals surface area (Å²) >= 11 is 0. The molecule has 39 heavy (non-hydrogen) atoms. The van der Waals surface area contributed by atoms with E-state index in [1.807, 2.05) is 54.7 Å². The first-order chi connectivity index (χ1) is 18.9. The maximum Gasteiger partial charge on any atom is 0.337 e. The van der Waals surface area contributed by atoms with Gasteiger partial charge < -0.3 is 24.5 Å². The lowest BCUT2D eigenvalue weighted by Gasteiger charge is -2.27. The van der Waals surface area contributed by atoms with Crippen molar-refractivity contribution in [1.82, 2.24) is 9.88 Å². The number of rotatable bonds is 9. The van der Waals surface area contributed by atoms with Crippen molar-refractivity contribution in [3.05, 3.63) is 113 Å². The third-order valence-corrected chi connectivity index (χ3v) is 7.06. The van der Waals surface area contributed by atoms with Crippen molar-refractivity contribution in [2.24, 2.45) is 0 Å². The number of hydrogen-bond acceptors (Lipinski definition) is 6. The van der Waals surface area contributed by atoms with E-state index in [1.54, 1.807) is 31.4 Å². The highest BCUT2D eigenvalue weighted by Crippen LogP contribution is 2.39. The van der Waals surface area contributed by atoms with E-state index in [0.717, 1.165) is 27.8 Å². The molecular weight excluding hydrogens is 496 g/mol. The van der Waals surface area contributed by atoms with Gasteiger partial charge in [-0.15, -0.1) is 0 Å². The molecule has 1 aliphatic heterocycles. The zero-order chi connectivity index (χ0) is 27.5. The molecule has 0 fully saturated rings. The second kappa shape index (κ2) is 10.9. The van der Waals surface area contributed by atoms with Crippen LogP contribution in [0, 0.1) is 0 Å². The molecule has 2 N–H and O–H groups in total. The van der Waals surface area contributed by atoms with Crippen LogP contribution in [-0.4, -0.2) is 53.4 Å². The van der Waals surface area contributed by atoms with E-state index >= 15 is 0 Å². The summed E-state index contributed by atoms with van der Waals surface area (Å²) in [6.45, 7) is 0.249. The Bertz CT molecular complexity index is 1570. The van der Waals surface area contributed by atoms with Gasteiger partial charge in [-0.2, -0.15) is 0 Å². The van der Waals surface area contributed by atoms with Gasteiger partial charge in [-0.1, -0.05) is 42.5 Å². The van der Waals surface area contributed by atoms with Crippen LogP contribution in [0.15, 0.2) is 90.3 Å². The van der Waals surface area contributed by atoms with E-state index in [-0.39, 0.29) is 24.3 Å². The first-order valence-electron chi connectivity index (χ1n) is 12.5. The molecule has 0 saturated carbocycles. The van der Waals surface area contributed by atoms with Crippen molar-refractivity contribution in [2.45, 2.75) is 18.9 Å². The number of fused-ring (bicyclic) bond motifs is 1. The van der Waals surface area contributed by atoms with Crippen LogP contribution in [-0.2, 0) is 27.2 Å². The van der Waals surface area contributed by atoms with E-state index in [2.05, 4.69) is 4.98 Å². The highest BCUT2D eigenvalue weighted by atomic mass is 16.5. The summed E-state index contributed by atoms with van der Waals surface area (Å²) < 4.78 is 10.2. The van der Waals surface area contributed by atoms with Gasteiger partial charge in [0.15, 0.2) is 11.5 Å². The summed E-state index contributed by atoms with van der Waals surface area (Å²) in [4.78, 5) is 43.6. The molecule has 1 amide bonds. The fourth-order valence-corrected chi connectivity index (χ4v) is 5.04. The quantitative estimate of drug-likeness (QED) is 0.307. The van der Waals surface area contributed by atoms with Crippen molar-refractivity contribution in [3.8, 4) is 5.75 Å². The van der Waals surface area contributed by atoms with Crippen molar-refractivity contribution < 1.29 is 29.0 Å². The number of ketones is 1. The number of hydrogen-bond donors (Lipinski definition) is 2. The Morgan fingerprint density at radius 1 is 1.00 bits per heavy atom. The number of benzene rings is 3. The lowest BCUT2D eigenvalue weighted by atomic mass is 9.92. The Morgan fingerprint density at radius 2 is 1.74 bits per heavy atom. The molecule has 5 rings (SSSR count). The van der Waals surface area contributed by atoms with Crippen molar-refractivity contribution in [1.29, 1.82) is 0 Å². The molecule has 1 atom stereocenters. The van der Waals surface area contributed by atoms with E-state index in [0.29, 0.717) is 17.5 Å². The van der Waals surface area contributed by atoms with E-state index in [1.165, 1.54) is 12.0 Å². The summed E-state index contributed by atoms with van der Waals surface area (Å²) in [6.07, 6.45) is 2.41. The smallest absolute Gasteiger partial charge is 0.337 e. The van der Waals surface area contributed by atoms with Crippen molar-refractivity contribution >= 4 is 28.6 Å². The number of nitrogens with one attached hydrogen (secondary N) is 1. The first-order valence-corrected chi connectivity index (χ1v) is 12.5. The summed E-state index contributed by atoms with van der Waals surface area (Å²) in [5, 5.41) is 11.9. The van der Waals surface area contributed by atoms with Crippen molar-refractivity contribution in [2.75, 3.05) is 20.8 Å². The normalized spacial score (nSPS) is 15.2. The van der Waals surface area contributed by atoms with Gasteiger partial charge in [0.05, 0.1) is 31.4 Å². The number of amides is 1. The second-order valence-electron chi connectivity index (χ2n) is 9.34. The van der Waals surface area contributed by atoms with Crippen molar-refractivity contribution in [3.63, 3.8) is 0 Å². The number of H-pyrrole nitrogens is 1. The van der Waals surface area contributed by atoms with Gasteiger partial charge in [0.1, 0.15) is 5.75 Å². The minimum Gasteiger partial charge on any atom is -0.503 e. The maximum absolute atomic E-state index is 13.5. The molecule has 0 spiro atoms. The largest absolute Gasteiger partial charge is 0.503 e. The molecule has 0 saturated heterocycles. The van der Waals surface area contributed by atoms with Gasteiger partial charge >= 0.3 is 5.97 Å². The molecule has 1 aromatic heterocycles. The number of nitrogens with zero attached hydrogens (tertiary/aromatic N) is 1. The number of aromatic nitrogens is 1. The SMILES string of the molecule is COC(=O)c1ccc(C2C(C(=O)Cc3ccccc3)=C(O)C(=O)N2CCc2c[nH]c3ccc(OC)cc23)cc1. The highest BCUT2D eigenvalue weighted by molar-refractivity contribution is 6.09. The zero-order valence-electron chi connectivity index (χ0n) is 21.6. The lowest BCUT2D eigenvalue weighted by molar-refractivity contribution is -0.129. The van der Waals surface area contributed by atoms with Gasteiger partial charge in [0, 0.05) is 30.1 Å². The van der Waals surface area contributed by atoms with Gasteiger partial charge in [-0.3, -0.25) is 9.59 Å². The minimum absolute atomic E-state index is 0.0420. The lowest BCUT2D eigenvalue weighted by Crippen LogP contribution is -2.33. The molecule has 3 aromatic carbocycles. The third kappa shape index (κ3) is 5.01. The Balaban J connectivity index is 1.48. The van der Waals surface area contributed by atoms with E-state index < -0.39 is 23.7 Å². The predicted molar refractivity (Wildman–Crippen MR) is 146 cm³/mol. The molecule has 1 aliphatic rings. The number of esters is 1. The molecule has 0 radical (unpaired) electrons. The molecule has 1 unspecified atom stereocenters. The van der Waals surface area contributed by atoms with Crippen LogP contribution in [0.3, 0.4) is 0 Å². The predicted octanol–water partition coefficient (Wildman–Crippen LogP) is 4.71. The maximum atomic E-state index is 13.5. The van der Waals surface area contributed by atoms with Crippen LogP contribution >= 0.6 is 0 Å². The van der Waals surface area contributed by atoms with Crippen LogP contribution < -0.4 is 4.74 Å². The zero-order valence-corrected chi connectivity index (χ0v) is 21.6. The number of methoxy groups -OCH3 is 2. The molecule has 0 bridgehead atoms. The Labute approximate surface area is 225 Å². The van der Waals surface area contributed by atoms with Crippen LogP contribution in [0.2, 0.25) is 0 Å². The molecular formula is C31H28N2O6. The number of carbonyl (C=O) groups excluding carboxylic acids is 3. The minimum atomic E-state index is -0.805. The summed E-state index contributed by atoms with van der Waals surface area (Å²) in [5.41, 5.74) is 3.69. The average Bonchev–Trinajstić information content (AvgIpc) is 3.49. The highest BCUT2D eigenvalue weighted by Gasteiger charge is 2.43. The average molecular weight is 525 g/mol. The Kier molecular flexibility index (Phi) is 7.19. The standard InChI is InChI=1S/C31H28N2O6/c1-38-23-12-13-25-24(17-23)22(18-32-25)14-15-33-28(20-8-10-21(11-9-20)31(37)39-2)27(29(35)30(33)36)26(34)16-19-6-4-3-5-7-19/h3-13,17-18,28,32,35H,14-16H2,1-2H3. The van der Waals surface area contributed by atoms with Crippen LogP contribution in [0.5, 0.6) is 5.75 Å². The molecule has 0 aliphatic carbocycles. The Hall–Kier alpha value is -4.85. The second-order valence-corrected chi connectivity index (χ2v) is 9.34. The number of Topliss-reactive ketones (excluding diaryl/α,β-unsaturated/α-hetero) is 1. The molecule has 8 heteroatoms. The number of aromatic amines is 1. The van der Waals surface area contributed by atoms with Gasteiger partial charge in [0.25, 0.3) is 5.91 Å². The number of aliphatic hydroxyl groups excluding tert-OH is 1. The summed E-state index contributed by atoms with van der Waals surface area (Å²) in [5.74, 6) is -1.26. The summed E-state index contributed by atoms with van der Waals surface area (Å²) in [6, 6.07) is 20.7.